The summed E-state index contributed by atoms with van der Waals surface area (Å²) < 4.78 is 0. The Morgan fingerprint density at radius 3 is 1.71 bits per heavy atom. The summed E-state index contributed by atoms with van der Waals surface area (Å²) in [7, 11) is 0. The number of hydrogen-bond donors (Lipinski definition) is 1. The molecular weight excluding hydrogens is 172 g/mol. The minimum absolute atomic E-state index is 0.209. The van der Waals surface area contributed by atoms with Crippen molar-refractivity contribution in [2.75, 3.05) is 0 Å². The highest BCUT2D eigenvalue weighted by Gasteiger charge is 2.16. The van der Waals surface area contributed by atoms with Crippen LogP contribution in [0.15, 0.2) is 24.3 Å². The van der Waals surface area contributed by atoms with Crippen molar-refractivity contribution in [1.82, 2.24) is 0 Å². The minimum Gasteiger partial charge on any atom is -0.386 e. The van der Waals surface area contributed by atoms with Gasteiger partial charge in [0.05, 0.1) is 5.60 Å². The Labute approximate surface area is 88.5 Å². The van der Waals surface area contributed by atoms with E-state index in [1.807, 2.05) is 32.1 Å². The van der Waals surface area contributed by atoms with E-state index >= 15 is 0 Å². The molecular formula is C13H24O. The Balaban J connectivity index is 4.24. The molecule has 0 spiro atoms. The quantitative estimate of drug-likeness (QED) is 0.680. The predicted molar refractivity (Wildman–Crippen MR) is 63.3 cm³/mol. The van der Waals surface area contributed by atoms with Crippen molar-refractivity contribution in [3.05, 3.63) is 24.3 Å². The fourth-order valence-corrected chi connectivity index (χ4v) is 1.06. The molecule has 0 atom stereocenters. The third-order valence-electron chi connectivity index (χ3n) is 2.34. The first-order chi connectivity index (χ1) is 6.33. The molecule has 0 fully saturated rings. The lowest BCUT2D eigenvalue weighted by atomic mass is 9.95. The maximum Gasteiger partial charge on any atom is 0.0825 e. The van der Waals surface area contributed by atoms with E-state index in [-0.39, 0.29) is 5.41 Å². The van der Waals surface area contributed by atoms with E-state index in [0.29, 0.717) is 0 Å². The van der Waals surface area contributed by atoms with Crippen molar-refractivity contribution in [1.29, 1.82) is 0 Å². The molecule has 82 valence electrons. The van der Waals surface area contributed by atoms with Gasteiger partial charge in [-0.1, -0.05) is 58.9 Å². The zero-order valence-corrected chi connectivity index (χ0v) is 10.2. The molecule has 0 unspecified atom stereocenters. The van der Waals surface area contributed by atoms with Crippen LogP contribution in [0.2, 0.25) is 0 Å². The summed E-state index contributed by atoms with van der Waals surface area (Å²) in [6.07, 6.45) is 9.51. The molecule has 0 aromatic heterocycles. The number of aliphatic hydroxyl groups is 1. The molecule has 0 aliphatic heterocycles. The van der Waals surface area contributed by atoms with E-state index < -0.39 is 5.60 Å². The summed E-state index contributed by atoms with van der Waals surface area (Å²) >= 11 is 0. The summed E-state index contributed by atoms with van der Waals surface area (Å²) in [6.45, 7) is 10.5. The van der Waals surface area contributed by atoms with Crippen LogP contribution < -0.4 is 0 Å². The van der Waals surface area contributed by atoms with E-state index in [2.05, 4.69) is 26.8 Å². The summed E-state index contributed by atoms with van der Waals surface area (Å²) in [5.74, 6) is 0. The van der Waals surface area contributed by atoms with Crippen LogP contribution >= 0.6 is 0 Å². The molecule has 0 aliphatic carbocycles. The Bertz CT molecular complexity index is 202. The van der Waals surface area contributed by atoms with Crippen LogP contribution in [0.3, 0.4) is 0 Å². The first-order valence-electron chi connectivity index (χ1n) is 5.42. The Morgan fingerprint density at radius 2 is 1.36 bits per heavy atom. The van der Waals surface area contributed by atoms with Crippen molar-refractivity contribution in [2.24, 2.45) is 5.41 Å². The number of allylic oxidation sites excluding steroid dienone is 3. The monoisotopic (exact) mass is 196 g/mol. The molecule has 0 radical (unpaired) electrons. The Kier molecular flexibility index (Phi) is 5.14. The number of rotatable bonds is 4. The molecule has 1 heteroatoms. The average Bonchev–Trinajstić information content (AvgIpc) is 2.11. The van der Waals surface area contributed by atoms with E-state index in [0.717, 1.165) is 12.8 Å². The molecule has 0 heterocycles. The first kappa shape index (κ1) is 13.4. The van der Waals surface area contributed by atoms with Gasteiger partial charge in [0, 0.05) is 0 Å². The standard InChI is InChI=1S/C13H24O/c1-6-13(14,7-2)11-9-8-10-12(3,4)5/h8-11,14H,6-7H2,1-5H3/b10-8+,11-9+. The van der Waals surface area contributed by atoms with Gasteiger partial charge in [-0.3, -0.25) is 0 Å². The summed E-state index contributed by atoms with van der Waals surface area (Å²) in [6, 6.07) is 0. The van der Waals surface area contributed by atoms with Crippen LogP contribution in [-0.2, 0) is 0 Å². The highest BCUT2D eigenvalue weighted by molar-refractivity contribution is 5.11. The Hall–Kier alpha value is -0.560. The van der Waals surface area contributed by atoms with Gasteiger partial charge in [-0.15, -0.1) is 0 Å². The molecule has 0 aliphatic rings. The van der Waals surface area contributed by atoms with Crippen LogP contribution in [0.1, 0.15) is 47.5 Å². The molecule has 0 bridgehead atoms. The highest BCUT2D eigenvalue weighted by atomic mass is 16.3. The molecule has 14 heavy (non-hydrogen) atoms. The molecule has 1 nitrogen and oxygen atoms in total. The smallest absolute Gasteiger partial charge is 0.0825 e. The SMILES string of the molecule is CCC(O)(/C=C/C=C/C(C)(C)C)CC. The van der Waals surface area contributed by atoms with Gasteiger partial charge in [0.1, 0.15) is 0 Å². The van der Waals surface area contributed by atoms with Gasteiger partial charge in [-0.2, -0.15) is 0 Å². The fraction of sp³-hybridized carbons (Fsp3) is 0.692. The minimum atomic E-state index is -0.623. The van der Waals surface area contributed by atoms with Crippen molar-refractivity contribution in [3.63, 3.8) is 0 Å². The van der Waals surface area contributed by atoms with Crippen LogP contribution in [0.25, 0.3) is 0 Å². The molecule has 0 amide bonds. The zero-order chi connectivity index (χ0) is 11.2. The topological polar surface area (TPSA) is 20.2 Å². The van der Waals surface area contributed by atoms with E-state index in [1.165, 1.54) is 0 Å². The second-order valence-corrected chi connectivity index (χ2v) is 4.89. The molecule has 0 saturated carbocycles. The third-order valence-corrected chi connectivity index (χ3v) is 2.34. The van der Waals surface area contributed by atoms with Crippen LogP contribution in [-0.4, -0.2) is 10.7 Å². The maximum atomic E-state index is 9.94. The highest BCUT2D eigenvalue weighted by Crippen LogP contribution is 2.17. The van der Waals surface area contributed by atoms with Gasteiger partial charge in [0.25, 0.3) is 0 Å². The maximum absolute atomic E-state index is 9.94. The van der Waals surface area contributed by atoms with Gasteiger partial charge in [0.2, 0.25) is 0 Å². The second-order valence-electron chi connectivity index (χ2n) is 4.89. The average molecular weight is 196 g/mol. The predicted octanol–water partition coefficient (Wildman–Crippen LogP) is 3.70. The summed E-state index contributed by atoms with van der Waals surface area (Å²) in [5.41, 5.74) is -0.414. The molecule has 0 aromatic rings. The normalized spacial score (nSPS) is 14.4. The molecule has 1 N–H and O–H groups in total. The van der Waals surface area contributed by atoms with Crippen LogP contribution in [0.5, 0.6) is 0 Å². The van der Waals surface area contributed by atoms with Crippen LogP contribution in [0.4, 0.5) is 0 Å². The Morgan fingerprint density at radius 1 is 0.929 bits per heavy atom. The molecule has 0 aromatic carbocycles. The van der Waals surface area contributed by atoms with Crippen molar-refractivity contribution < 1.29 is 5.11 Å². The van der Waals surface area contributed by atoms with Gasteiger partial charge < -0.3 is 5.11 Å². The van der Waals surface area contributed by atoms with Gasteiger partial charge in [0.15, 0.2) is 0 Å². The molecule has 0 saturated heterocycles. The van der Waals surface area contributed by atoms with Gasteiger partial charge in [-0.05, 0) is 18.3 Å². The third kappa shape index (κ3) is 5.98. The van der Waals surface area contributed by atoms with Crippen molar-refractivity contribution in [3.8, 4) is 0 Å². The lowest BCUT2D eigenvalue weighted by molar-refractivity contribution is 0.0828. The first-order valence-corrected chi connectivity index (χ1v) is 5.42. The number of hydrogen-bond acceptors (Lipinski definition) is 1. The summed E-state index contributed by atoms with van der Waals surface area (Å²) in [4.78, 5) is 0. The van der Waals surface area contributed by atoms with E-state index in [1.54, 1.807) is 0 Å². The van der Waals surface area contributed by atoms with Crippen molar-refractivity contribution >= 4 is 0 Å². The molecule has 0 rings (SSSR count). The van der Waals surface area contributed by atoms with Gasteiger partial charge in [-0.25, -0.2) is 0 Å². The lowest BCUT2D eigenvalue weighted by Crippen LogP contribution is -2.22. The van der Waals surface area contributed by atoms with Crippen LogP contribution in [0, 0.1) is 5.41 Å². The van der Waals surface area contributed by atoms with E-state index in [9.17, 15) is 5.11 Å². The summed E-state index contributed by atoms with van der Waals surface area (Å²) in [5, 5.41) is 9.94. The second kappa shape index (κ2) is 5.35. The van der Waals surface area contributed by atoms with E-state index in [4.69, 9.17) is 0 Å². The zero-order valence-electron chi connectivity index (χ0n) is 10.2. The van der Waals surface area contributed by atoms with Crippen molar-refractivity contribution in [2.45, 2.75) is 53.1 Å². The lowest BCUT2D eigenvalue weighted by Gasteiger charge is -2.20. The fourth-order valence-electron chi connectivity index (χ4n) is 1.06. The largest absolute Gasteiger partial charge is 0.386 e. The van der Waals surface area contributed by atoms with Gasteiger partial charge >= 0.3 is 0 Å².